The molecule has 3 aliphatic heterocycles. The van der Waals surface area contributed by atoms with Gasteiger partial charge in [-0.3, -0.25) is 14.5 Å². The van der Waals surface area contributed by atoms with Gasteiger partial charge in [0.25, 0.3) is 0 Å². The van der Waals surface area contributed by atoms with Crippen LogP contribution >= 0.6 is 0 Å². The zero-order valence-corrected chi connectivity index (χ0v) is 9.95. The van der Waals surface area contributed by atoms with Gasteiger partial charge in [0.05, 0.1) is 24.0 Å². The Bertz CT molecular complexity index is 350. The standard InChI is InChI=1S/C11H15NO5/c1-12-10(13)4-5(11(12)14)7-9(16-3)8(15-2)6(4)17-7/h4-9H,1-3H3. The maximum Gasteiger partial charge on any atom is 0.235 e. The van der Waals surface area contributed by atoms with Gasteiger partial charge >= 0.3 is 0 Å². The minimum Gasteiger partial charge on any atom is -0.376 e. The number of methoxy groups -OCH3 is 2. The summed E-state index contributed by atoms with van der Waals surface area (Å²) in [6.45, 7) is 0. The SMILES string of the molecule is COC1C(OC)C2OC1C1C(=O)N(C)C(=O)C21. The van der Waals surface area contributed by atoms with Gasteiger partial charge in [0.15, 0.2) is 0 Å². The predicted octanol–water partition coefficient (Wildman–Crippen LogP) is -0.972. The van der Waals surface area contributed by atoms with Crippen LogP contribution in [0.25, 0.3) is 0 Å². The second-order valence-electron chi connectivity index (χ2n) is 4.75. The largest absolute Gasteiger partial charge is 0.376 e. The third-order valence-corrected chi connectivity index (χ3v) is 4.16. The van der Waals surface area contributed by atoms with Gasteiger partial charge in [0.2, 0.25) is 11.8 Å². The molecule has 6 heteroatoms. The number of ether oxygens (including phenoxy) is 3. The van der Waals surface area contributed by atoms with Crippen LogP contribution in [-0.4, -0.2) is 62.4 Å². The first-order chi connectivity index (χ1) is 8.11. The van der Waals surface area contributed by atoms with Crippen LogP contribution in [0.15, 0.2) is 0 Å². The van der Waals surface area contributed by atoms with Crippen molar-refractivity contribution >= 4 is 11.8 Å². The van der Waals surface area contributed by atoms with Gasteiger partial charge in [0.1, 0.15) is 12.2 Å². The number of fused-ring (bicyclic) bond motifs is 5. The number of amides is 2. The zero-order valence-electron chi connectivity index (χ0n) is 9.95. The fourth-order valence-electron chi connectivity index (χ4n) is 3.38. The summed E-state index contributed by atoms with van der Waals surface area (Å²) < 4.78 is 16.4. The van der Waals surface area contributed by atoms with Crippen LogP contribution in [0.5, 0.6) is 0 Å². The first-order valence-electron chi connectivity index (χ1n) is 5.64. The van der Waals surface area contributed by atoms with Crippen LogP contribution < -0.4 is 0 Å². The molecule has 0 aromatic carbocycles. The quantitative estimate of drug-likeness (QED) is 0.582. The summed E-state index contributed by atoms with van der Waals surface area (Å²) in [5.74, 6) is -1.11. The first kappa shape index (κ1) is 11.1. The van der Waals surface area contributed by atoms with Gasteiger partial charge in [0, 0.05) is 21.3 Å². The van der Waals surface area contributed by atoms with E-state index in [1.54, 1.807) is 14.2 Å². The molecule has 6 unspecified atom stereocenters. The van der Waals surface area contributed by atoms with Crippen molar-refractivity contribution in [1.29, 1.82) is 0 Å². The van der Waals surface area contributed by atoms with Gasteiger partial charge in [-0.1, -0.05) is 0 Å². The van der Waals surface area contributed by atoms with Crippen molar-refractivity contribution in [3.8, 4) is 0 Å². The van der Waals surface area contributed by atoms with Crippen LogP contribution in [0.2, 0.25) is 0 Å². The average Bonchev–Trinajstić information content (AvgIpc) is 2.94. The molecule has 3 fully saturated rings. The lowest BCUT2D eigenvalue weighted by Crippen LogP contribution is -2.49. The molecular formula is C11H15NO5. The molecule has 0 radical (unpaired) electrons. The third kappa shape index (κ3) is 1.15. The van der Waals surface area contributed by atoms with Gasteiger partial charge in [-0.15, -0.1) is 0 Å². The number of hydrogen-bond acceptors (Lipinski definition) is 5. The van der Waals surface area contributed by atoms with E-state index in [1.807, 2.05) is 0 Å². The first-order valence-corrected chi connectivity index (χ1v) is 5.64. The van der Waals surface area contributed by atoms with Crippen LogP contribution in [0.4, 0.5) is 0 Å². The van der Waals surface area contributed by atoms with E-state index in [2.05, 4.69) is 0 Å². The Kier molecular flexibility index (Phi) is 2.30. The molecule has 0 saturated carbocycles. The molecular weight excluding hydrogens is 226 g/mol. The highest BCUT2D eigenvalue weighted by atomic mass is 16.6. The molecule has 2 bridgehead atoms. The van der Waals surface area contributed by atoms with Crippen LogP contribution in [0.3, 0.4) is 0 Å². The smallest absolute Gasteiger partial charge is 0.235 e. The fraction of sp³-hybridized carbons (Fsp3) is 0.818. The highest BCUT2D eigenvalue weighted by molar-refractivity contribution is 6.06. The minimum absolute atomic E-state index is 0.163. The average molecular weight is 241 g/mol. The van der Waals surface area contributed by atoms with Gasteiger partial charge < -0.3 is 14.2 Å². The molecule has 3 saturated heterocycles. The predicted molar refractivity (Wildman–Crippen MR) is 55.0 cm³/mol. The van der Waals surface area contributed by atoms with Crippen LogP contribution in [0.1, 0.15) is 0 Å². The Labute approximate surface area is 98.8 Å². The number of carbonyl (C=O) groups is 2. The molecule has 0 aromatic rings. The van der Waals surface area contributed by atoms with Crippen LogP contribution in [0, 0.1) is 11.8 Å². The maximum atomic E-state index is 12.0. The Morgan fingerprint density at radius 1 is 1.00 bits per heavy atom. The monoisotopic (exact) mass is 241 g/mol. The second-order valence-corrected chi connectivity index (χ2v) is 4.75. The summed E-state index contributed by atoms with van der Waals surface area (Å²) in [6, 6.07) is 0. The van der Waals surface area contributed by atoms with E-state index in [9.17, 15) is 9.59 Å². The fourth-order valence-corrected chi connectivity index (χ4v) is 3.38. The van der Waals surface area contributed by atoms with E-state index in [1.165, 1.54) is 11.9 Å². The molecule has 94 valence electrons. The molecule has 6 nitrogen and oxygen atoms in total. The number of likely N-dealkylation sites (tertiary alicyclic amines) is 1. The van der Waals surface area contributed by atoms with Crippen molar-refractivity contribution in [3.63, 3.8) is 0 Å². The molecule has 17 heavy (non-hydrogen) atoms. The molecule has 0 aliphatic carbocycles. The van der Waals surface area contributed by atoms with Gasteiger partial charge in [-0.25, -0.2) is 0 Å². The third-order valence-electron chi connectivity index (χ3n) is 4.16. The number of nitrogens with zero attached hydrogens (tertiary/aromatic N) is 1. The molecule has 0 aromatic heterocycles. The molecule has 2 amide bonds. The lowest BCUT2D eigenvalue weighted by Gasteiger charge is -2.30. The van der Waals surface area contributed by atoms with Crippen molar-refractivity contribution in [3.05, 3.63) is 0 Å². The van der Waals surface area contributed by atoms with E-state index in [-0.39, 0.29) is 36.2 Å². The summed E-state index contributed by atoms with van der Waals surface area (Å²) in [5, 5.41) is 0. The lowest BCUT2D eigenvalue weighted by molar-refractivity contribution is -0.141. The molecule has 0 N–H and O–H groups in total. The van der Waals surface area contributed by atoms with E-state index in [0.29, 0.717) is 0 Å². The molecule has 3 heterocycles. The minimum atomic E-state index is -0.395. The molecule has 3 rings (SSSR count). The second kappa shape index (κ2) is 3.51. The number of hydrogen-bond donors (Lipinski definition) is 0. The van der Waals surface area contributed by atoms with Crippen molar-refractivity contribution in [2.75, 3.05) is 21.3 Å². The normalized spacial score (nSPS) is 48.1. The Balaban J connectivity index is 1.97. The van der Waals surface area contributed by atoms with Crippen molar-refractivity contribution in [2.24, 2.45) is 11.8 Å². The van der Waals surface area contributed by atoms with Crippen LogP contribution in [-0.2, 0) is 23.8 Å². The molecule has 6 atom stereocenters. The summed E-state index contributed by atoms with van der Waals surface area (Å²) in [4.78, 5) is 25.1. The Hall–Kier alpha value is -0.980. The van der Waals surface area contributed by atoms with E-state index < -0.39 is 11.8 Å². The number of carbonyl (C=O) groups excluding carboxylic acids is 2. The topological polar surface area (TPSA) is 65.1 Å². The van der Waals surface area contributed by atoms with Crippen molar-refractivity contribution in [1.82, 2.24) is 4.90 Å². The zero-order chi connectivity index (χ0) is 12.3. The van der Waals surface area contributed by atoms with E-state index >= 15 is 0 Å². The Morgan fingerprint density at radius 3 is 1.76 bits per heavy atom. The molecule has 3 aliphatic rings. The Morgan fingerprint density at radius 2 is 1.41 bits per heavy atom. The van der Waals surface area contributed by atoms with Gasteiger partial charge in [-0.05, 0) is 0 Å². The number of imide groups is 1. The summed E-state index contributed by atoms with van der Waals surface area (Å²) in [6.07, 6.45) is -1.26. The highest BCUT2D eigenvalue weighted by Gasteiger charge is 2.69. The number of rotatable bonds is 2. The summed E-state index contributed by atoms with van der Waals surface area (Å²) in [5.41, 5.74) is 0. The van der Waals surface area contributed by atoms with Crippen molar-refractivity contribution < 1.29 is 23.8 Å². The highest BCUT2D eigenvalue weighted by Crippen LogP contribution is 2.49. The van der Waals surface area contributed by atoms with Gasteiger partial charge in [-0.2, -0.15) is 0 Å². The van der Waals surface area contributed by atoms with Crippen molar-refractivity contribution in [2.45, 2.75) is 24.4 Å². The maximum absolute atomic E-state index is 12.0. The molecule has 0 spiro atoms. The summed E-state index contributed by atoms with van der Waals surface area (Å²) in [7, 11) is 4.66. The summed E-state index contributed by atoms with van der Waals surface area (Å²) >= 11 is 0. The van der Waals surface area contributed by atoms with E-state index in [4.69, 9.17) is 14.2 Å². The lowest BCUT2D eigenvalue weighted by atomic mass is 9.78. The van der Waals surface area contributed by atoms with E-state index in [0.717, 1.165) is 0 Å².